The van der Waals surface area contributed by atoms with E-state index in [1.54, 1.807) is 0 Å². The molecule has 134 valence electrons. The minimum Gasteiger partial charge on any atom is -0.493 e. The molecule has 0 bridgehead atoms. The molecule has 2 N–H and O–H groups in total. The number of hydrogen-bond acceptors (Lipinski definition) is 3. The van der Waals surface area contributed by atoms with Crippen LogP contribution in [-0.4, -0.2) is 37.7 Å². The predicted octanol–water partition coefficient (Wildman–Crippen LogP) is 3.96. The summed E-state index contributed by atoms with van der Waals surface area (Å²) in [5.41, 5.74) is 8.45. The second kappa shape index (κ2) is 8.87. The lowest BCUT2D eigenvalue weighted by Gasteiger charge is -2.33. The lowest BCUT2D eigenvalue weighted by molar-refractivity contribution is 0.206. The van der Waals surface area contributed by atoms with Gasteiger partial charge >= 0.3 is 0 Å². The Bertz CT molecular complexity index is 505. The third-order valence-corrected chi connectivity index (χ3v) is 5.61. The van der Waals surface area contributed by atoms with Crippen LogP contribution in [0.3, 0.4) is 0 Å². The van der Waals surface area contributed by atoms with Crippen molar-refractivity contribution in [2.24, 2.45) is 11.7 Å². The number of nitrogens with zero attached hydrogens (tertiary/aromatic N) is 1. The van der Waals surface area contributed by atoms with Gasteiger partial charge in [0.1, 0.15) is 5.75 Å². The Morgan fingerprint density at radius 2 is 1.92 bits per heavy atom. The minimum atomic E-state index is 0.663. The molecule has 2 aliphatic rings. The Morgan fingerprint density at radius 1 is 1.12 bits per heavy atom. The first-order chi connectivity index (χ1) is 11.8. The highest BCUT2D eigenvalue weighted by atomic mass is 16.5. The molecule has 0 amide bonds. The van der Waals surface area contributed by atoms with E-state index in [0.717, 1.165) is 31.9 Å². The Labute approximate surface area is 147 Å². The smallest absolute Gasteiger partial charge is 0.123 e. The van der Waals surface area contributed by atoms with E-state index in [-0.39, 0.29) is 0 Å². The average Bonchev–Trinajstić information content (AvgIpc) is 3.45. The van der Waals surface area contributed by atoms with E-state index in [2.05, 4.69) is 30.0 Å². The van der Waals surface area contributed by atoms with Crippen LogP contribution in [-0.2, 0) is 6.42 Å². The maximum Gasteiger partial charge on any atom is 0.123 e. The van der Waals surface area contributed by atoms with Crippen molar-refractivity contribution in [1.82, 2.24) is 4.90 Å². The second-order valence-electron chi connectivity index (χ2n) is 7.59. The standard InChI is InChI=1S/C21H34N2O/c1-2-17-7-8-20(21(15-17)24-16-18-5-6-18)19-9-13-23(14-10-19)12-4-3-11-22/h7-8,15,18-19H,2-6,9-14,16,22H2,1H3. The highest BCUT2D eigenvalue weighted by molar-refractivity contribution is 5.40. The molecule has 0 spiro atoms. The lowest BCUT2D eigenvalue weighted by atomic mass is 9.88. The Morgan fingerprint density at radius 3 is 2.58 bits per heavy atom. The molecule has 3 nitrogen and oxygen atoms in total. The zero-order chi connectivity index (χ0) is 16.8. The highest BCUT2D eigenvalue weighted by Crippen LogP contribution is 2.37. The summed E-state index contributed by atoms with van der Waals surface area (Å²) in [5.74, 6) is 2.64. The number of rotatable bonds is 9. The van der Waals surface area contributed by atoms with Crippen molar-refractivity contribution >= 4 is 0 Å². The summed E-state index contributed by atoms with van der Waals surface area (Å²) < 4.78 is 6.24. The Balaban J connectivity index is 1.59. The van der Waals surface area contributed by atoms with E-state index >= 15 is 0 Å². The maximum atomic E-state index is 6.24. The zero-order valence-corrected chi connectivity index (χ0v) is 15.3. The van der Waals surface area contributed by atoms with Gasteiger partial charge in [-0.3, -0.25) is 0 Å². The predicted molar refractivity (Wildman–Crippen MR) is 101 cm³/mol. The average molecular weight is 331 g/mol. The molecule has 1 aliphatic carbocycles. The molecule has 1 saturated heterocycles. The summed E-state index contributed by atoms with van der Waals surface area (Å²) in [7, 11) is 0. The number of likely N-dealkylation sites (tertiary alicyclic amines) is 1. The van der Waals surface area contributed by atoms with Crippen molar-refractivity contribution in [2.75, 3.05) is 32.8 Å². The first-order valence-electron chi connectivity index (χ1n) is 9.98. The van der Waals surface area contributed by atoms with Crippen LogP contribution < -0.4 is 10.5 Å². The first-order valence-corrected chi connectivity index (χ1v) is 9.98. The van der Waals surface area contributed by atoms with Crippen LogP contribution in [0.4, 0.5) is 0 Å². The molecule has 0 aromatic heterocycles. The van der Waals surface area contributed by atoms with Gasteiger partial charge in [-0.05, 0) is 100 Å². The SMILES string of the molecule is CCc1ccc(C2CCN(CCCCN)CC2)c(OCC2CC2)c1. The van der Waals surface area contributed by atoms with E-state index < -0.39 is 0 Å². The quantitative estimate of drug-likeness (QED) is 0.697. The van der Waals surface area contributed by atoms with Gasteiger partial charge in [-0.25, -0.2) is 0 Å². The largest absolute Gasteiger partial charge is 0.493 e. The molecule has 1 saturated carbocycles. The van der Waals surface area contributed by atoms with E-state index in [9.17, 15) is 0 Å². The minimum absolute atomic E-state index is 0.663. The monoisotopic (exact) mass is 330 g/mol. The summed E-state index contributed by atoms with van der Waals surface area (Å²) >= 11 is 0. The van der Waals surface area contributed by atoms with Gasteiger partial charge in [0, 0.05) is 0 Å². The number of ether oxygens (including phenoxy) is 1. The summed E-state index contributed by atoms with van der Waals surface area (Å²) in [4.78, 5) is 2.61. The van der Waals surface area contributed by atoms with Crippen molar-refractivity contribution in [1.29, 1.82) is 0 Å². The van der Waals surface area contributed by atoms with Crippen molar-refractivity contribution < 1.29 is 4.74 Å². The maximum absolute atomic E-state index is 6.24. The molecule has 1 aliphatic heterocycles. The van der Waals surface area contributed by atoms with Crippen molar-refractivity contribution in [3.05, 3.63) is 29.3 Å². The molecule has 3 heteroatoms. The number of unbranched alkanes of at least 4 members (excludes halogenated alkanes) is 1. The van der Waals surface area contributed by atoms with Crippen LogP contribution in [0, 0.1) is 5.92 Å². The van der Waals surface area contributed by atoms with Gasteiger partial charge in [-0.15, -0.1) is 0 Å². The number of benzene rings is 1. The van der Waals surface area contributed by atoms with Gasteiger partial charge in [0.15, 0.2) is 0 Å². The van der Waals surface area contributed by atoms with Crippen molar-refractivity contribution in [3.63, 3.8) is 0 Å². The Kier molecular flexibility index (Phi) is 6.56. The van der Waals surface area contributed by atoms with Gasteiger partial charge in [-0.1, -0.05) is 19.1 Å². The van der Waals surface area contributed by atoms with E-state index in [0.29, 0.717) is 5.92 Å². The fraction of sp³-hybridized carbons (Fsp3) is 0.714. The molecule has 0 radical (unpaired) electrons. The number of nitrogens with two attached hydrogens (primary N) is 1. The van der Waals surface area contributed by atoms with Crippen LogP contribution in [0.2, 0.25) is 0 Å². The molecule has 2 fully saturated rings. The summed E-state index contributed by atoms with van der Waals surface area (Å²) in [6.45, 7) is 7.60. The summed E-state index contributed by atoms with van der Waals surface area (Å²) in [5, 5.41) is 0. The fourth-order valence-corrected chi connectivity index (χ4v) is 3.70. The third-order valence-electron chi connectivity index (χ3n) is 5.61. The van der Waals surface area contributed by atoms with Gasteiger partial charge in [0.05, 0.1) is 6.61 Å². The molecule has 1 heterocycles. The highest BCUT2D eigenvalue weighted by Gasteiger charge is 2.25. The normalized spacial score (nSPS) is 19.6. The number of hydrogen-bond donors (Lipinski definition) is 1. The van der Waals surface area contributed by atoms with E-state index in [4.69, 9.17) is 10.5 Å². The van der Waals surface area contributed by atoms with Crippen molar-refractivity contribution in [3.8, 4) is 5.75 Å². The first kappa shape index (κ1) is 17.8. The van der Waals surface area contributed by atoms with Crippen LogP contribution >= 0.6 is 0 Å². The molecule has 1 aromatic rings. The molecular weight excluding hydrogens is 296 g/mol. The lowest BCUT2D eigenvalue weighted by Crippen LogP contribution is -2.34. The number of piperidine rings is 1. The van der Waals surface area contributed by atoms with Gasteiger partial charge in [0.25, 0.3) is 0 Å². The molecule has 0 unspecified atom stereocenters. The van der Waals surface area contributed by atoms with Crippen LogP contribution in [0.5, 0.6) is 5.75 Å². The molecule has 1 aromatic carbocycles. The third kappa shape index (κ3) is 4.97. The van der Waals surface area contributed by atoms with Gasteiger partial charge < -0.3 is 15.4 Å². The number of aryl methyl sites for hydroxylation is 1. The van der Waals surface area contributed by atoms with Crippen molar-refractivity contribution in [2.45, 2.75) is 57.8 Å². The fourth-order valence-electron chi connectivity index (χ4n) is 3.70. The molecule has 0 atom stereocenters. The van der Waals surface area contributed by atoms with Crippen LogP contribution in [0.25, 0.3) is 0 Å². The van der Waals surface area contributed by atoms with Crippen LogP contribution in [0.1, 0.15) is 62.5 Å². The summed E-state index contributed by atoms with van der Waals surface area (Å²) in [6.07, 6.45) is 8.69. The molecular formula is C21H34N2O. The zero-order valence-electron chi connectivity index (χ0n) is 15.3. The van der Waals surface area contributed by atoms with Gasteiger partial charge in [0.2, 0.25) is 0 Å². The molecule has 3 rings (SSSR count). The van der Waals surface area contributed by atoms with E-state index in [1.807, 2.05) is 0 Å². The molecule has 24 heavy (non-hydrogen) atoms. The van der Waals surface area contributed by atoms with Crippen LogP contribution in [0.15, 0.2) is 18.2 Å². The van der Waals surface area contributed by atoms with E-state index in [1.165, 1.54) is 68.6 Å². The second-order valence-corrected chi connectivity index (χ2v) is 7.59. The van der Waals surface area contributed by atoms with Gasteiger partial charge in [-0.2, -0.15) is 0 Å². The topological polar surface area (TPSA) is 38.5 Å². The Hall–Kier alpha value is -1.06. The summed E-state index contributed by atoms with van der Waals surface area (Å²) in [6, 6.07) is 6.94.